The molecule has 100 valence electrons. The maximum absolute atomic E-state index is 13.3. The second-order valence-electron chi connectivity index (χ2n) is 3.94. The van der Waals surface area contributed by atoms with E-state index in [2.05, 4.69) is 5.32 Å². The zero-order chi connectivity index (χ0) is 13.8. The van der Waals surface area contributed by atoms with E-state index in [9.17, 15) is 4.39 Å². The van der Waals surface area contributed by atoms with Gasteiger partial charge in [-0.05, 0) is 36.4 Å². The first kappa shape index (κ1) is 14.0. The van der Waals surface area contributed by atoms with Gasteiger partial charge in [0, 0.05) is 22.8 Å². The van der Waals surface area contributed by atoms with E-state index in [1.807, 2.05) is 0 Å². The van der Waals surface area contributed by atoms with Crippen molar-refractivity contribution < 1.29 is 9.13 Å². The highest BCUT2D eigenvalue weighted by Crippen LogP contribution is 2.24. The molecule has 0 fully saturated rings. The van der Waals surface area contributed by atoms with Gasteiger partial charge in [-0.15, -0.1) is 0 Å². The Morgan fingerprint density at radius 2 is 1.95 bits per heavy atom. The SMILES string of the molecule is COc1ccc(Cl)cc1CNc1ccc(Cl)c(F)c1. The average Bonchev–Trinajstić information content (AvgIpc) is 2.40. The summed E-state index contributed by atoms with van der Waals surface area (Å²) in [6, 6.07) is 9.92. The number of nitrogens with one attached hydrogen (secondary N) is 1. The van der Waals surface area contributed by atoms with Crippen LogP contribution in [0.15, 0.2) is 36.4 Å². The van der Waals surface area contributed by atoms with Crippen molar-refractivity contribution in [2.24, 2.45) is 0 Å². The van der Waals surface area contributed by atoms with Crippen molar-refractivity contribution in [3.8, 4) is 5.75 Å². The highest BCUT2D eigenvalue weighted by atomic mass is 35.5. The van der Waals surface area contributed by atoms with Crippen LogP contribution in [0.2, 0.25) is 10.0 Å². The topological polar surface area (TPSA) is 21.3 Å². The molecule has 0 bridgehead atoms. The lowest BCUT2D eigenvalue weighted by Crippen LogP contribution is -2.02. The van der Waals surface area contributed by atoms with Gasteiger partial charge in [-0.25, -0.2) is 4.39 Å². The standard InChI is InChI=1S/C14H12Cl2FNO/c1-19-14-5-2-10(15)6-9(14)8-18-11-3-4-12(16)13(17)7-11/h2-7,18H,8H2,1H3. The van der Waals surface area contributed by atoms with Crippen LogP contribution in [-0.2, 0) is 6.54 Å². The minimum absolute atomic E-state index is 0.103. The number of methoxy groups -OCH3 is 1. The average molecular weight is 300 g/mol. The number of anilines is 1. The lowest BCUT2D eigenvalue weighted by Gasteiger charge is -2.11. The molecule has 0 saturated carbocycles. The molecule has 0 saturated heterocycles. The molecule has 5 heteroatoms. The molecule has 0 heterocycles. The lowest BCUT2D eigenvalue weighted by atomic mass is 10.2. The van der Waals surface area contributed by atoms with Crippen LogP contribution in [0.4, 0.5) is 10.1 Å². The van der Waals surface area contributed by atoms with Crippen LogP contribution < -0.4 is 10.1 Å². The van der Waals surface area contributed by atoms with Crippen molar-refractivity contribution in [2.45, 2.75) is 6.54 Å². The molecule has 19 heavy (non-hydrogen) atoms. The molecular weight excluding hydrogens is 288 g/mol. The minimum Gasteiger partial charge on any atom is -0.496 e. The van der Waals surface area contributed by atoms with Gasteiger partial charge in [-0.3, -0.25) is 0 Å². The Morgan fingerprint density at radius 3 is 2.63 bits per heavy atom. The Balaban J connectivity index is 2.13. The molecule has 1 N–H and O–H groups in total. The summed E-state index contributed by atoms with van der Waals surface area (Å²) in [5.41, 5.74) is 1.54. The van der Waals surface area contributed by atoms with Gasteiger partial charge < -0.3 is 10.1 Å². The molecule has 0 aliphatic rings. The molecule has 0 aliphatic heterocycles. The van der Waals surface area contributed by atoms with Crippen molar-refractivity contribution in [2.75, 3.05) is 12.4 Å². The van der Waals surface area contributed by atoms with Crippen LogP contribution in [0.5, 0.6) is 5.75 Å². The fourth-order valence-electron chi connectivity index (χ4n) is 1.69. The van der Waals surface area contributed by atoms with Gasteiger partial charge in [0.1, 0.15) is 11.6 Å². The predicted octanol–water partition coefficient (Wildman–Crippen LogP) is 4.75. The minimum atomic E-state index is -0.454. The molecule has 2 rings (SSSR count). The van der Waals surface area contributed by atoms with Crippen molar-refractivity contribution >= 4 is 28.9 Å². The first-order valence-electron chi connectivity index (χ1n) is 5.61. The summed E-state index contributed by atoms with van der Waals surface area (Å²) in [7, 11) is 1.59. The van der Waals surface area contributed by atoms with Crippen LogP contribution in [0, 0.1) is 5.82 Å². The fraction of sp³-hybridized carbons (Fsp3) is 0.143. The summed E-state index contributed by atoms with van der Waals surface area (Å²) in [5.74, 6) is 0.274. The van der Waals surface area contributed by atoms with Crippen LogP contribution >= 0.6 is 23.2 Å². The highest BCUT2D eigenvalue weighted by Gasteiger charge is 2.05. The molecule has 2 aromatic carbocycles. The molecule has 2 nitrogen and oxygen atoms in total. The molecular formula is C14H12Cl2FNO. The number of rotatable bonds is 4. The Labute approximate surface area is 121 Å². The summed E-state index contributed by atoms with van der Waals surface area (Å²) in [6.07, 6.45) is 0. The van der Waals surface area contributed by atoms with Crippen molar-refractivity contribution in [1.29, 1.82) is 0 Å². The first-order valence-corrected chi connectivity index (χ1v) is 6.37. The molecule has 0 aliphatic carbocycles. The highest BCUT2D eigenvalue weighted by molar-refractivity contribution is 6.31. The lowest BCUT2D eigenvalue weighted by molar-refractivity contribution is 0.410. The number of hydrogen-bond acceptors (Lipinski definition) is 2. The van der Waals surface area contributed by atoms with E-state index in [0.717, 1.165) is 11.3 Å². The molecule has 0 radical (unpaired) electrons. The Hall–Kier alpha value is -1.45. The molecule has 0 amide bonds. The molecule has 0 aromatic heterocycles. The van der Waals surface area contributed by atoms with Crippen LogP contribution in [0.1, 0.15) is 5.56 Å². The monoisotopic (exact) mass is 299 g/mol. The predicted molar refractivity (Wildman–Crippen MR) is 76.7 cm³/mol. The number of ether oxygens (including phenoxy) is 1. The summed E-state index contributed by atoms with van der Waals surface area (Å²) >= 11 is 11.6. The molecule has 2 aromatic rings. The Bertz CT molecular complexity index is 590. The van der Waals surface area contributed by atoms with Gasteiger partial charge in [0.15, 0.2) is 0 Å². The Kier molecular flexibility index (Phi) is 4.51. The van der Waals surface area contributed by atoms with E-state index >= 15 is 0 Å². The van der Waals surface area contributed by atoms with Gasteiger partial charge in [-0.2, -0.15) is 0 Å². The Morgan fingerprint density at radius 1 is 1.16 bits per heavy atom. The van der Waals surface area contributed by atoms with Gasteiger partial charge in [-0.1, -0.05) is 23.2 Å². The van der Waals surface area contributed by atoms with Crippen molar-refractivity contribution in [1.82, 2.24) is 0 Å². The van der Waals surface area contributed by atoms with E-state index < -0.39 is 5.82 Å². The van der Waals surface area contributed by atoms with E-state index in [1.165, 1.54) is 12.1 Å². The number of benzene rings is 2. The zero-order valence-corrected chi connectivity index (χ0v) is 11.7. The molecule has 0 atom stereocenters. The van der Waals surface area contributed by atoms with Gasteiger partial charge in [0.2, 0.25) is 0 Å². The van der Waals surface area contributed by atoms with Crippen molar-refractivity contribution in [3.63, 3.8) is 0 Å². The maximum Gasteiger partial charge on any atom is 0.143 e. The zero-order valence-electron chi connectivity index (χ0n) is 10.2. The normalized spacial score (nSPS) is 10.3. The largest absolute Gasteiger partial charge is 0.496 e. The third-order valence-corrected chi connectivity index (χ3v) is 3.19. The summed E-state index contributed by atoms with van der Waals surface area (Å²) in [5, 5.41) is 3.82. The summed E-state index contributed by atoms with van der Waals surface area (Å²) in [4.78, 5) is 0. The second kappa shape index (κ2) is 6.13. The van der Waals surface area contributed by atoms with E-state index in [-0.39, 0.29) is 5.02 Å². The second-order valence-corrected chi connectivity index (χ2v) is 4.78. The third-order valence-electron chi connectivity index (χ3n) is 2.65. The first-order chi connectivity index (χ1) is 9.10. The quantitative estimate of drug-likeness (QED) is 0.879. The molecule has 0 spiro atoms. The van der Waals surface area contributed by atoms with Gasteiger partial charge in [0.05, 0.1) is 12.1 Å². The smallest absolute Gasteiger partial charge is 0.143 e. The van der Waals surface area contributed by atoms with Gasteiger partial charge in [0.25, 0.3) is 0 Å². The van der Waals surface area contributed by atoms with Gasteiger partial charge >= 0.3 is 0 Å². The van der Waals surface area contributed by atoms with Crippen LogP contribution in [0.3, 0.4) is 0 Å². The number of halogens is 3. The summed E-state index contributed by atoms with van der Waals surface area (Å²) < 4.78 is 18.5. The van der Waals surface area contributed by atoms with Crippen molar-refractivity contribution in [3.05, 3.63) is 57.8 Å². The fourth-order valence-corrected chi connectivity index (χ4v) is 2.00. The van der Waals surface area contributed by atoms with Crippen LogP contribution in [0.25, 0.3) is 0 Å². The van der Waals surface area contributed by atoms with Crippen LogP contribution in [-0.4, -0.2) is 7.11 Å². The third kappa shape index (κ3) is 3.52. The molecule has 0 unspecified atom stereocenters. The maximum atomic E-state index is 13.3. The summed E-state index contributed by atoms with van der Waals surface area (Å²) in [6.45, 7) is 0.477. The van der Waals surface area contributed by atoms with E-state index in [1.54, 1.807) is 31.4 Å². The van der Waals surface area contributed by atoms with E-state index in [4.69, 9.17) is 27.9 Å². The number of hydrogen-bond donors (Lipinski definition) is 1. The van der Waals surface area contributed by atoms with E-state index in [0.29, 0.717) is 17.3 Å².